The van der Waals surface area contributed by atoms with Crippen LogP contribution in [0.2, 0.25) is 0 Å². The number of hydrogen-bond acceptors (Lipinski definition) is 8. The maximum Gasteiger partial charge on any atom is 0.223 e. The Bertz CT molecular complexity index is 1290. The number of nitrogens with zero attached hydrogens (tertiary/aromatic N) is 3. The van der Waals surface area contributed by atoms with E-state index in [9.17, 15) is 8.60 Å². The predicted molar refractivity (Wildman–Crippen MR) is 143 cm³/mol. The number of anilines is 2. The number of aromatic nitrogens is 3. The van der Waals surface area contributed by atoms with E-state index in [0.29, 0.717) is 17.2 Å². The second-order valence-corrected chi connectivity index (χ2v) is 11.1. The Morgan fingerprint density at radius 1 is 1.23 bits per heavy atom. The maximum absolute atomic E-state index is 14.6. The molecule has 0 saturated heterocycles. The van der Waals surface area contributed by atoms with Crippen LogP contribution in [0.3, 0.4) is 0 Å². The highest BCUT2D eigenvalue weighted by molar-refractivity contribution is 7.98. The van der Waals surface area contributed by atoms with Crippen molar-refractivity contribution in [3.05, 3.63) is 59.7 Å². The zero-order valence-electron chi connectivity index (χ0n) is 19.6. The summed E-state index contributed by atoms with van der Waals surface area (Å²) in [5.74, 6) is 1.32. The van der Waals surface area contributed by atoms with E-state index in [1.54, 1.807) is 53.6 Å². The predicted octanol–water partition coefficient (Wildman–Crippen LogP) is 6.42. The van der Waals surface area contributed by atoms with Gasteiger partial charge in [0, 0.05) is 24.2 Å². The molecule has 0 spiro atoms. The molecule has 4 rings (SSSR count). The quantitative estimate of drug-likeness (QED) is 0.216. The van der Waals surface area contributed by atoms with Gasteiger partial charge in [0.15, 0.2) is 11.0 Å². The van der Waals surface area contributed by atoms with Gasteiger partial charge in [-0.05, 0) is 54.8 Å². The van der Waals surface area contributed by atoms with Crippen LogP contribution in [0.4, 0.5) is 16.0 Å². The molecule has 0 fully saturated rings. The highest BCUT2D eigenvalue weighted by atomic mass is 32.2. The van der Waals surface area contributed by atoms with Crippen molar-refractivity contribution >= 4 is 45.7 Å². The summed E-state index contributed by atoms with van der Waals surface area (Å²) in [5, 5.41) is 4.43. The average Bonchev–Trinajstić information content (AvgIpc) is 3.54. The summed E-state index contributed by atoms with van der Waals surface area (Å²) in [6.45, 7) is 4.95. The Hall–Kier alpha value is -2.76. The Morgan fingerprint density at radius 2 is 2.09 bits per heavy atom. The lowest BCUT2D eigenvalue weighted by atomic mass is 10.1. The molecule has 4 aromatic rings. The first-order valence-electron chi connectivity index (χ1n) is 11.0. The van der Waals surface area contributed by atoms with Crippen LogP contribution in [0.5, 0.6) is 0 Å². The van der Waals surface area contributed by atoms with Gasteiger partial charge in [0.2, 0.25) is 11.0 Å². The molecular weight excluding hydrogens is 505 g/mol. The second kappa shape index (κ2) is 11.8. The summed E-state index contributed by atoms with van der Waals surface area (Å²) in [5.41, 5.74) is 2.22. The molecule has 0 aliphatic rings. The highest BCUT2D eigenvalue weighted by Crippen LogP contribution is 2.39. The number of rotatable bonds is 11. The Labute approximate surface area is 214 Å². The van der Waals surface area contributed by atoms with Crippen molar-refractivity contribution in [1.29, 1.82) is 0 Å². The van der Waals surface area contributed by atoms with Crippen molar-refractivity contribution < 1.29 is 13.0 Å². The summed E-state index contributed by atoms with van der Waals surface area (Å²) in [6, 6.07) is 9.67. The lowest BCUT2D eigenvalue weighted by Gasteiger charge is -2.09. The smallest absolute Gasteiger partial charge is 0.223 e. The molecule has 11 heteroatoms. The molecule has 2 N–H and O–H groups in total. The van der Waals surface area contributed by atoms with Crippen molar-refractivity contribution in [2.45, 2.75) is 31.3 Å². The van der Waals surface area contributed by atoms with E-state index in [4.69, 9.17) is 14.4 Å². The largest absolute Gasteiger partial charge is 0.454 e. The minimum Gasteiger partial charge on any atom is -0.454 e. The first kappa shape index (κ1) is 25.3. The summed E-state index contributed by atoms with van der Waals surface area (Å²) in [6.07, 6.45) is 6.24. The third kappa shape index (κ3) is 6.28. The Kier molecular flexibility index (Phi) is 8.53. The van der Waals surface area contributed by atoms with Gasteiger partial charge < -0.3 is 9.73 Å². The molecule has 35 heavy (non-hydrogen) atoms. The SMILES string of the molecule is CSCCCNc1nccc(-c2sc(C(C)C)nc2-c2ccc(F)c(NS(=O)c3ccco3)c2)n1. The van der Waals surface area contributed by atoms with E-state index < -0.39 is 16.8 Å². The molecule has 0 amide bonds. The fourth-order valence-corrected chi connectivity index (χ4v) is 5.50. The van der Waals surface area contributed by atoms with Gasteiger partial charge in [-0.15, -0.1) is 11.3 Å². The zero-order valence-corrected chi connectivity index (χ0v) is 22.0. The number of halogens is 1. The number of thioether (sulfide) groups is 1. The van der Waals surface area contributed by atoms with E-state index in [0.717, 1.165) is 34.3 Å². The molecule has 1 unspecified atom stereocenters. The van der Waals surface area contributed by atoms with Gasteiger partial charge in [0.25, 0.3) is 0 Å². The van der Waals surface area contributed by atoms with E-state index in [1.165, 1.54) is 12.3 Å². The number of furan rings is 1. The maximum atomic E-state index is 14.6. The fraction of sp³-hybridized carbons (Fsp3) is 0.292. The standard InChI is InChI=1S/C24H26FN5O2S3/c1-15(2)23-29-21(22(34-23)18-9-11-27-24(28-18)26-10-5-13-33-3)16-7-8-17(25)19(14-16)30-35(31)20-6-4-12-32-20/h4,6-9,11-12,14-15,30H,5,10,13H2,1-3H3,(H,26,27,28). The average molecular weight is 532 g/mol. The molecule has 1 atom stereocenters. The minimum atomic E-state index is -1.73. The van der Waals surface area contributed by atoms with Gasteiger partial charge >= 0.3 is 0 Å². The lowest BCUT2D eigenvalue weighted by molar-refractivity contribution is 0.466. The van der Waals surface area contributed by atoms with Gasteiger partial charge in [0.05, 0.1) is 33.2 Å². The molecule has 0 aliphatic carbocycles. The number of nitrogens with one attached hydrogen (secondary N) is 2. The fourth-order valence-electron chi connectivity index (χ4n) is 3.21. The zero-order chi connectivity index (χ0) is 24.8. The van der Waals surface area contributed by atoms with Crippen molar-refractivity contribution in [1.82, 2.24) is 15.0 Å². The summed E-state index contributed by atoms with van der Waals surface area (Å²) >= 11 is 3.36. The summed E-state index contributed by atoms with van der Waals surface area (Å²) in [4.78, 5) is 14.8. The highest BCUT2D eigenvalue weighted by Gasteiger charge is 2.20. The van der Waals surface area contributed by atoms with Crippen LogP contribution < -0.4 is 10.0 Å². The monoisotopic (exact) mass is 531 g/mol. The molecule has 184 valence electrons. The van der Waals surface area contributed by atoms with E-state index in [2.05, 4.69) is 35.1 Å². The van der Waals surface area contributed by atoms with Crippen LogP contribution in [0.25, 0.3) is 21.8 Å². The molecule has 3 heterocycles. The normalized spacial score (nSPS) is 12.1. The van der Waals surface area contributed by atoms with Crippen molar-refractivity contribution in [2.75, 3.05) is 28.6 Å². The minimum absolute atomic E-state index is 0.0983. The van der Waals surface area contributed by atoms with Crippen LogP contribution in [0.15, 0.2) is 58.4 Å². The molecule has 0 bridgehead atoms. The molecule has 0 radical (unpaired) electrons. The van der Waals surface area contributed by atoms with Gasteiger partial charge in [-0.3, -0.25) is 4.72 Å². The van der Waals surface area contributed by atoms with E-state index in [-0.39, 0.29) is 16.7 Å². The Morgan fingerprint density at radius 3 is 2.83 bits per heavy atom. The van der Waals surface area contributed by atoms with Crippen LogP contribution >= 0.6 is 23.1 Å². The summed E-state index contributed by atoms with van der Waals surface area (Å²) in [7, 11) is -1.73. The number of hydrogen-bond donors (Lipinski definition) is 2. The number of thiazole rings is 1. The third-order valence-corrected chi connectivity index (χ3v) is 8.03. The second-order valence-electron chi connectivity index (χ2n) is 7.92. The van der Waals surface area contributed by atoms with Crippen LogP contribution in [-0.2, 0) is 11.0 Å². The van der Waals surface area contributed by atoms with Crippen LogP contribution in [0.1, 0.15) is 31.2 Å². The number of benzene rings is 1. The first-order chi connectivity index (χ1) is 17.0. The molecule has 7 nitrogen and oxygen atoms in total. The Balaban J connectivity index is 1.68. The molecule has 0 aliphatic heterocycles. The van der Waals surface area contributed by atoms with Crippen LogP contribution in [-0.4, -0.2) is 37.7 Å². The molecule has 3 aromatic heterocycles. The van der Waals surface area contributed by atoms with Gasteiger partial charge in [-0.25, -0.2) is 23.6 Å². The third-order valence-electron chi connectivity index (χ3n) is 4.95. The van der Waals surface area contributed by atoms with E-state index in [1.807, 2.05) is 6.07 Å². The van der Waals surface area contributed by atoms with E-state index >= 15 is 0 Å². The molecule has 0 saturated carbocycles. The lowest BCUT2D eigenvalue weighted by Crippen LogP contribution is -2.06. The van der Waals surface area contributed by atoms with Crippen molar-refractivity contribution in [3.63, 3.8) is 0 Å². The van der Waals surface area contributed by atoms with Gasteiger partial charge in [-0.1, -0.05) is 13.8 Å². The topological polar surface area (TPSA) is 92.9 Å². The molecular formula is C24H26FN5O2S3. The first-order valence-corrected chi connectivity index (χ1v) is 14.4. The van der Waals surface area contributed by atoms with Gasteiger partial charge in [-0.2, -0.15) is 11.8 Å². The van der Waals surface area contributed by atoms with Crippen molar-refractivity contribution in [2.24, 2.45) is 0 Å². The van der Waals surface area contributed by atoms with Crippen molar-refractivity contribution in [3.8, 4) is 21.8 Å². The molecule has 1 aromatic carbocycles. The summed E-state index contributed by atoms with van der Waals surface area (Å²) < 4.78 is 35.0. The van der Waals surface area contributed by atoms with Crippen LogP contribution in [0, 0.1) is 5.82 Å². The van der Waals surface area contributed by atoms with Gasteiger partial charge in [0.1, 0.15) is 5.82 Å².